The Morgan fingerprint density at radius 3 is 2.04 bits per heavy atom. The van der Waals surface area contributed by atoms with Crippen LogP contribution in [0.2, 0.25) is 5.02 Å². The van der Waals surface area contributed by atoms with E-state index in [1.165, 1.54) is 12.8 Å². The summed E-state index contributed by atoms with van der Waals surface area (Å²) in [5.74, 6) is 1.87. The Kier molecular flexibility index (Phi) is 4.93. The Morgan fingerprint density at radius 1 is 0.846 bits per heavy atom. The Bertz CT molecular complexity index is 768. The van der Waals surface area contributed by atoms with Crippen molar-refractivity contribution in [1.82, 2.24) is 15.1 Å². The molecule has 0 saturated carbocycles. The fourth-order valence-electron chi connectivity index (χ4n) is 3.54. The van der Waals surface area contributed by atoms with Gasteiger partial charge in [-0.1, -0.05) is 17.7 Å². The van der Waals surface area contributed by atoms with Crippen molar-refractivity contribution in [3.05, 3.63) is 47.0 Å². The Hall–Kier alpha value is -2.34. The van der Waals surface area contributed by atoms with Gasteiger partial charge in [0.25, 0.3) is 5.91 Å². The number of hydrogen-bond acceptors (Lipinski definition) is 5. The molecule has 26 heavy (non-hydrogen) atoms. The van der Waals surface area contributed by atoms with E-state index in [2.05, 4.69) is 26.1 Å². The number of carbonyl (C=O) groups excluding carboxylic acids is 1. The molecule has 0 N–H and O–H groups in total. The van der Waals surface area contributed by atoms with Gasteiger partial charge in [-0.15, -0.1) is 10.2 Å². The topological polar surface area (TPSA) is 52.6 Å². The molecule has 2 aliphatic rings. The van der Waals surface area contributed by atoms with E-state index in [0.717, 1.165) is 37.8 Å². The van der Waals surface area contributed by atoms with Gasteiger partial charge in [-0.2, -0.15) is 0 Å². The number of rotatable bonds is 3. The maximum absolute atomic E-state index is 12.6. The van der Waals surface area contributed by atoms with Crippen LogP contribution < -0.4 is 9.80 Å². The van der Waals surface area contributed by atoms with Gasteiger partial charge >= 0.3 is 0 Å². The van der Waals surface area contributed by atoms with Gasteiger partial charge in [0.15, 0.2) is 11.6 Å². The quantitative estimate of drug-likeness (QED) is 0.830. The predicted octanol–water partition coefficient (Wildman–Crippen LogP) is 2.69. The number of anilines is 2. The average Bonchev–Trinajstić information content (AvgIpc) is 3.23. The van der Waals surface area contributed by atoms with Gasteiger partial charge in [0.05, 0.1) is 0 Å². The van der Waals surface area contributed by atoms with Crippen LogP contribution in [-0.4, -0.2) is 60.3 Å². The van der Waals surface area contributed by atoms with Gasteiger partial charge in [0.1, 0.15) is 0 Å². The molecule has 0 atom stereocenters. The summed E-state index contributed by atoms with van der Waals surface area (Å²) in [5.41, 5.74) is 0.640. The van der Waals surface area contributed by atoms with E-state index in [1.807, 2.05) is 23.1 Å². The second kappa shape index (κ2) is 7.50. The van der Waals surface area contributed by atoms with Crippen LogP contribution in [0.4, 0.5) is 11.6 Å². The van der Waals surface area contributed by atoms with Gasteiger partial charge < -0.3 is 14.7 Å². The molecule has 136 valence electrons. The molecule has 1 amide bonds. The number of aromatic nitrogens is 2. The van der Waals surface area contributed by atoms with E-state index in [9.17, 15) is 4.79 Å². The smallest absolute Gasteiger partial charge is 0.254 e. The number of carbonyl (C=O) groups is 1. The maximum atomic E-state index is 12.6. The standard InChI is InChI=1S/C19H22ClN5O/c20-16-5-3-4-15(14-16)19(26)25-12-10-24(11-13-25)18-7-6-17(21-22-18)23-8-1-2-9-23/h3-7,14H,1-2,8-13H2. The molecule has 0 spiro atoms. The van der Waals surface area contributed by atoms with E-state index >= 15 is 0 Å². The number of nitrogens with zero attached hydrogens (tertiary/aromatic N) is 5. The van der Waals surface area contributed by atoms with E-state index < -0.39 is 0 Å². The number of amides is 1. The minimum absolute atomic E-state index is 0.0302. The fourth-order valence-corrected chi connectivity index (χ4v) is 3.73. The zero-order valence-electron chi connectivity index (χ0n) is 14.6. The van der Waals surface area contributed by atoms with Crippen LogP contribution in [0.5, 0.6) is 0 Å². The SMILES string of the molecule is O=C(c1cccc(Cl)c1)N1CCN(c2ccc(N3CCCC3)nn2)CC1. The number of benzene rings is 1. The van der Waals surface area contributed by atoms with Crippen LogP contribution in [0.3, 0.4) is 0 Å². The molecule has 7 heteroatoms. The minimum atomic E-state index is 0.0302. The summed E-state index contributed by atoms with van der Waals surface area (Å²) in [5, 5.41) is 9.37. The molecule has 4 rings (SSSR count). The van der Waals surface area contributed by atoms with Crippen molar-refractivity contribution < 1.29 is 4.79 Å². The first-order valence-electron chi connectivity index (χ1n) is 9.09. The second-order valence-electron chi connectivity index (χ2n) is 6.73. The maximum Gasteiger partial charge on any atom is 0.254 e. The van der Waals surface area contributed by atoms with Gasteiger partial charge in [-0.05, 0) is 43.2 Å². The molecule has 0 aliphatic carbocycles. The first kappa shape index (κ1) is 17.1. The van der Waals surface area contributed by atoms with Crippen molar-refractivity contribution in [1.29, 1.82) is 0 Å². The second-order valence-corrected chi connectivity index (χ2v) is 7.17. The minimum Gasteiger partial charge on any atom is -0.355 e. The number of piperazine rings is 1. The average molecular weight is 372 g/mol. The molecule has 2 fully saturated rings. The van der Waals surface area contributed by atoms with E-state index in [-0.39, 0.29) is 5.91 Å². The zero-order valence-corrected chi connectivity index (χ0v) is 15.4. The van der Waals surface area contributed by atoms with Crippen LogP contribution in [0, 0.1) is 0 Å². The number of halogens is 1. The van der Waals surface area contributed by atoms with Crippen molar-refractivity contribution in [2.75, 3.05) is 49.1 Å². The van der Waals surface area contributed by atoms with E-state index in [4.69, 9.17) is 11.6 Å². The van der Waals surface area contributed by atoms with Crippen molar-refractivity contribution in [2.45, 2.75) is 12.8 Å². The third-order valence-corrected chi connectivity index (χ3v) is 5.26. The summed E-state index contributed by atoms with van der Waals surface area (Å²) in [4.78, 5) is 18.9. The highest BCUT2D eigenvalue weighted by Gasteiger charge is 2.23. The summed E-state index contributed by atoms with van der Waals surface area (Å²) >= 11 is 5.99. The summed E-state index contributed by atoms with van der Waals surface area (Å²) in [6, 6.07) is 11.2. The van der Waals surface area contributed by atoms with E-state index in [0.29, 0.717) is 23.7 Å². The first-order chi connectivity index (χ1) is 12.7. The first-order valence-corrected chi connectivity index (χ1v) is 9.47. The molecule has 0 radical (unpaired) electrons. The molecular formula is C19H22ClN5O. The lowest BCUT2D eigenvalue weighted by molar-refractivity contribution is 0.0746. The fraction of sp³-hybridized carbons (Fsp3) is 0.421. The zero-order chi connectivity index (χ0) is 17.9. The Balaban J connectivity index is 1.36. The molecule has 2 saturated heterocycles. The van der Waals surface area contributed by atoms with Gasteiger partial charge in [0.2, 0.25) is 0 Å². The summed E-state index contributed by atoms with van der Waals surface area (Å²) in [6.45, 7) is 4.98. The molecule has 3 heterocycles. The van der Waals surface area contributed by atoms with Crippen molar-refractivity contribution in [2.24, 2.45) is 0 Å². The van der Waals surface area contributed by atoms with Gasteiger partial charge in [0, 0.05) is 49.9 Å². The highest BCUT2D eigenvalue weighted by molar-refractivity contribution is 6.30. The molecular weight excluding hydrogens is 350 g/mol. The predicted molar refractivity (Wildman–Crippen MR) is 103 cm³/mol. The molecule has 6 nitrogen and oxygen atoms in total. The monoisotopic (exact) mass is 371 g/mol. The van der Waals surface area contributed by atoms with Crippen LogP contribution in [0.1, 0.15) is 23.2 Å². The van der Waals surface area contributed by atoms with E-state index in [1.54, 1.807) is 12.1 Å². The van der Waals surface area contributed by atoms with Crippen LogP contribution in [0.15, 0.2) is 36.4 Å². The largest absolute Gasteiger partial charge is 0.355 e. The summed E-state index contributed by atoms with van der Waals surface area (Å²) in [7, 11) is 0. The van der Waals surface area contributed by atoms with Crippen LogP contribution >= 0.6 is 11.6 Å². The molecule has 2 aromatic rings. The highest BCUT2D eigenvalue weighted by atomic mass is 35.5. The normalized spacial score (nSPS) is 17.7. The van der Waals surface area contributed by atoms with Gasteiger partial charge in [-0.3, -0.25) is 4.79 Å². The lowest BCUT2D eigenvalue weighted by atomic mass is 10.2. The van der Waals surface area contributed by atoms with Crippen molar-refractivity contribution in [3.63, 3.8) is 0 Å². The summed E-state index contributed by atoms with van der Waals surface area (Å²) < 4.78 is 0. The highest BCUT2D eigenvalue weighted by Crippen LogP contribution is 2.20. The molecule has 0 bridgehead atoms. The lowest BCUT2D eigenvalue weighted by Crippen LogP contribution is -2.49. The lowest BCUT2D eigenvalue weighted by Gasteiger charge is -2.35. The molecule has 1 aromatic carbocycles. The number of hydrogen-bond donors (Lipinski definition) is 0. The van der Waals surface area contributed by atoms with Gasteiger partial charge in [-0.25, -0.2) is 0 Å². The molecule has 0 unspecified atom stereocenters. The Morgan fingerprint density at radius 2 is 1.46 bits per heavy atom. The molecule has 2 aliphatic heterocycles. The third kappa shape index (κ3) is 3.60. The van der Waals surface area contributed by atoms with Crippen molar-refractivity contribution in [3.8, 4) is 0 Å². The van der Waals surface area contributed by atoms with Crippen molar-refractivity contribution >= 4 is 29.1 Å². The van der Waals surface area contributed by atoms with Crippen LogP contribution in [-0.2, 0) is 0 Å². The Labute approximate surface area is 158 Å². The summed E-state index contributed by atoms with van der Waals surface area (Å²) in [6.07, 6.45) is 2.46. The third-order valence-electron chi connectivity index (χ3n) is 5.03. The van der Waals surface area contributed by atoms with Crippen LogP contribution in [0.25, 0.3) is 0 Å². The molecule has 1 aromatic heterocycles.